The fourth-order valence-corrected chi connectivity index (χ4v) is 13.2. The normalized spacial score (nSPS) is 20.9. The summed E-state index contributed by atoms with van der Waals surface area (Å²) in [6, 6.07) is 18.0. The Balaban J connectivity index is 0.872. The fourth-order valence-electron chi connectivity index (χ4n) is 12.7. The van der Waals surface area contributed by atoms with Crippen LogP contribution in [0.3, 0.4) is 0 Å². The van der Waals surface area contributed by atoms with E-state index in [1.807, 2.05) is 36.4 Å². The number of rotatable bonds is 30. The maximum atomic E-state index is 14.6. The molecule has 502 valence electrons. The van der Waals surface area contributed by atoms with Crippen molar-refractivity contribution in [3.63, 3.8) is 0 Å². The van der Waals surface area contributed by atoms with Crippen LogP contribution in [-0.4, -0.2) is 173 Å². The molecule has 93 heavy (non-hydrogen) atoms. The van der Waals surface area contributed by atoms with E-state index in [0.717, 1.165) is 34.4 Å². The molecule has 2 fully saturated rings. The number of carbonyl (C=O) groups excluding carboxylic acids is 9. The molecule has 2 heterocycles. The molecule has 4 aromatic carbocycles. The van der Waals surface area contributed by atoms with Crippen molar-refractivity contribution >= 4 is 63.4 Å². The van der Waals surface area contributed by atoms with Crippen LogP contribution < -0.4 is 58.9 Å². The Labute approximate surface area is 541 Å². The van der Waals surface area contributed by atoms with Gasteiger partial charge in [-0.3, -0.25) is 43.2 Å². The topological polar surface area (TPSA) is 341 Å². The minimum absolute atomic E-state index is 0.0327. The third-order valence-corrected chi connectivity index (χ3v) is 19.0. The molecule has 27 heteroatoms. The predicted octanol–water partition coefficient (Wildman–Crippen LogP) is 1.22. The van der Waals surface area contributed by atoms with Crippen LogP contribution in [0.15, 0.2) is 102 Å². The van der Waals surface area contributed by atoms with Crippen molar-refractivity contribution in [2.45, 2.75) is 169 Å². The van der Waals surface area contributed by atoms with Gasteiger partial charge >= 0.3 is 10.2 Å². The Hall–Kier alpha value is -8.24. The third-order valence-electron chi connectivity index (χ3n) is 18.2. The lowest BCUT2D eigenvalue weighted by molar-refractivity contribution is -0.142. The van der Waals surface area contributed by atoms with E-state index >= 15 is 0 Å². The summed E-state index contributed by atoms with van der Waals surface area (Å²) in [5, 5.41) is 29.7. The summed E-state index contributed by atoms with van der Waals surface area (Å²) in [6.07, 6.45) is 4.37. The predicted molar refractivity (Wildman–Crippen MR) is 342 cm³/mol. The van der Waals surface area contributed by atoms with Crippen molar-refractivity contribution in [2.75, 3.05) is 46.8 Å². The number of likely N-dealkylation sites (tertiary alicyclic amines) is 2. The van der Waals surface area contributed by atoms with Gasteiger partial charge in [0.15, 0.2) is 0 Å². The molecule has 0 saturated carbocycles. The SMILES string of the molecule is CN[C@@H](C)C(=O)N[C@@H](CNCc1ccc(F)cc1)C(=O)N1CCC[C@H]1C(=O)N[C@@H]1CCc2ccccc2[C@@H]1C(=O)NCCCC[C@H](NC(=O)[C@H]1c2ccccc2CC[C@H]1NC(=O)[C@@H]1CCCN1C(=O)[C@H](CNCc1ccc(S(=O)(=O)F)cc1)NC(=O)[C@H](C)NC)C(N)=O. The molecule has 0 spiro atoms. The van der Waals surface area contributed by atoms with Crippen molar-refractivity contribution in [1.29, 1.82) is 0 Å². The lowest BCUT2D eigenvalue weighted by atomic mass is 9.78. The first kappa shape index (κ1) is 70.6. The number of amides is 9. The van der Waals surface area contributed by atoms with Crippen molar-refractivity contribution in [3.8, 4) is 0 Å². The lowest BCUT2D eigenvalue weighted by Gasteiger charge is -2.36. The van der Waals surface area contributed by atoms with Crippen LogP contribution in [0.4, 0.5) is 8.28 Å². The van der Waals surface area contributed by atoms with Gasteiger partial charge in [-0.05, 0) is 156 Å². The van der Waals surface area contributed by atoms with Gasteiger partial charge in [-0.15, -0.1) is 3.89 Å². The van der Waals surface area contributed by atoms with Crippen LogP contribution in [0, 0.1) is 5.82 Å². The van der Waals surface area contributed by atoms with Crippen LogP contribution in [0.2, 0.25) is 0 Å². The van der Waals surface area contributed by atoms with Gasteiger partial charge in [0, 0.05) is 57.9 Å². The molecular formula is C66H87F2N13O11S. The second-order valence-corrected chi connectivity index (χ2v) is 25.8. The monoisotopic (exact) mass is 1310 g/mol. The molecule has 2 aliphatic heterocycles. The molecule has 0 bridgehead atoms. The summed E-state index contributed by atoms with van der Waals surface area (Å²) in [6.45, 7) is 4.30. The molecule has 8 rings (SSSR count). The van der Waals surface area contributed by atoms with Gasteiger partial charge in [0.25, 0.3) is 0 Å². The zero-order valence-corrected chi connectivity index (χ0v) is 53.8. The Kier molecular flexibility index (Phi) is 25.1. The molecule has 2 aliphatic carbocycles. The van der Waals surface area contributed by atoms with E-state index in [1.54, 1.807) is 52.2 Å². The fraction of sp³-hybridized carbons (Fsp3) is 0.500. The average Bonchev–Trinajstić information content (AvgIpc) is 1.56. The number of benzene rings is 4. The van der Waals surface area contributed by atoms with Crippen molar-refractivity contribution in [1.82, 2.24) is 63.0 Å². The number of primary amides is 1. The Bertz CT molecular complexity index is 3440. The molecule has 0 unspecified atom stereocenters. The Morgan fingerprint density at radius 1 is 0.570 bits per heavy atom. The quantitative estimate of drug-likeness (QED) is 0.0258. The Morgan fingerprint density at radius 2 is 1.02 bits per heavy atom. The van der Waals surface area contributed by atoms with Gasteiger partial charge in [0.1, 0.15) is 36.0 Å². The molecule has 4 aliphatic rings. The molecule has 9 amide bonds. The third kappa shape index (κ3) is 18.5. The highest BCUT2D eigenvalue weighted by Crippen LogP contribution is 2.35. The van der Waals surface area contributed by atoms with Crippen molar-refractivity contribution in [3.05, 3.63) is 136 Å². The van der Waals surface area contributed by atoms with Crippen LogP contribution in [-0.2, 0) is 79.3 Å². The zero-order chi connectivity index (χ0) is 66.9. The maximum Gasteiger partial charge on any atom is 0.332 e. The van der Waals surface area contributed by atoms with Crippen LogP contribution in [0.1, 0.15) is 117 Å². The van der Waals surface area contributed by atoms with Crippen LogP contribution in [0.25, 0.3) is 0 Å². The van der Waals surface area contributed by atoms with Crippen LogP contribution >= 0.6 is 0 Å². The number of fused-ring (bicyclic) bond motifs is 2. The number of carbonyl (C=O) groups is 9. The molecule has 4 aromatic rings. The summed E-state index contributed by atoms with van der Waals surface area (Å²) in [5.74, 6) is -6.60. The second-order valence-electron chi connectivity index (χ2n) is 24.4. The van der Waals surface area contributed by atoms with E-state index in [1.165, 1.54) is 34.1 Å². The Morgan fingerprint density at radius 3 is 1.47 bits per heavy atom. The van der Waals surface area contributed by atoms with E-state index in [0.29, 0.717) is 81.9 Å². The molecule has 11 atom stereocenters. The number of hydrogen-bond donors (Lipinski definition) is 11. The van der Waals surface area contributed by atoms with Gasteiger partial charge in [-0.25, -0.2) is 4.39 Å². The van der Waals surface area contributed by atoms with Gasteiger partial charge < -0.3 is 68.7 Å². The molecule has 12 N–H and O–H groups in total. The van der Waals surface area contributed by atoms with E-state index in [-0.39, 0.29) is 57.4 Å². The van der Waals surface area contributed by atoms with E-state index in [2.05, 4.69) is 53.2 Å². The maximum absolute atomic E-state index is 14.6. The number of likely N-dealkylation sites (N-methyl/N-ethyl adjacent to an activating group) is 2. The molecule has 24 nitrogen and oxygen atoms in total. The molecule has 0 radical (unpaired) electrons. The highest BCUT2D eigenvalue weighted by atomic mass is 32.3. The largest absolute Gasteiger partial charge is 0.368 e. The average molecular weight is 1310 g/mol. The number of nitrogens with two attached hydrogens (primary N) is 1. The summed E-state index contributed by atoms with van der Waals surface area (Å²) in [4.78, 5) is 128. The summed E-state index contributed by atoms with van der Waals surface area (Å²) in [5.41, 5.74) is 10.5. The molecular weight excluding hydrogens is 1220 g/mol. The standard InChI is InChI=1S/C66H87F2N13O11S/c1-39(70-3)59(83)78-52(37-72-35-41-20-26-45(67)27-21-41)65(89)80-33-11-18-54(80)61(85)75-49-30-24-43-13-5-7-15-47(43)56(49)63(87)74-32-10-9-17-51(58(69)82)77-64(88)57-48-16-8-6-14-44(48)25-31-50(57)76-62(86)55-19-12-34-81(55)66(90)53(79-60(84)40(2)71-4)38-73-36-42-22-28-46(29-23-42)93(68,91)92/h5-8,13-16,20-23,26-29,39-40,49-57,70-73H,9-12,17-19,24-25,30-38H2,1-4H3,(H2,69,82)(H,74,87)(H,75,85)(H,76,86)(H,77,88)(H,78,83)(H,79,84)/t39-,40-,49+,50+,51-,52-,53-,54-,55-,56-,57-/m0/s1. The smallest absolute Gasteiger partial charge is 0.332 e. The zero-order valence-electron chi connectivity index (χ0n) is 52.9. The summed E-state index contributed by atoms with van der Waals surface area (Å²) in [7, 11) is -1.69. The van der Waals surface area contributed by atoms with Crippen LogP contribution in [0.5, 0.6) is 0 Å². The first-order valence-electron chi connectivity index (χ1n) is 32.0. The van der Waals surface area contributed by atoms with Gasteiger partial charge in [0.05, 0.1) is 28.8 Å². The second kappa shape index (κ2) is 33.0. The van der Waals surface area contributed by atoms with E-state index in [4.69, 9.17) is 5.73 Å². The highest BCUT2D eigenvalue weighted by molar-refractivity contribution is 7.86. The molecule has 0 aromatic heterocycles. The minimum Gasteiger partial charge on any atom is -0.368 e. The van der Waals surface area contributed by atoms with E-state index < -0.39 is 129 Å². The first-order valence-corrected chi connectivity index (χ1v) is 33.3. The number of halogens is 2. The molecule has 2 saturated heterocycles. The van der Waals surface area contributed by atoms with Gasteiger partial charge in [-0.1, -0.05) is 72.8 Å². The number of nitrogens with one attached hydrogen (secondary N) is 10. The summed E-state index contributed by atoms with van der Waals surface area (Å²) >= 11 is 0. The number of unbranched alkanes of at least 4 members (excludes halogenated alkanes) is 1. The number of aryl methyl sites for hydroxylation is 2. The lowest BCUT2D eigenvalue weighted by Crippen LogP contribution is -2.59. The first-order chi connectivity index (χ1) is 44.6. The summed E-state index contributed by atoms with van der Waals surface area (Å²) < 4.78 is 49.8. The van der Waals surface area contributed by atoms with Crippen molar-refractivity contribution < 1.29 is 59.8 Å². The van der Waals surface area contributed by atoms with E-state index in [9.17, 15) is 59.8 Å². The van der Waals surface area contributed by atoms with Gasteiger partial charge in [0.2, 0.25) is 53.2 Å². The van der Waals surface area contributed by atoms with Gasteiger partial charge in [-0.2, -0.15) is 8.42 Å². The minimum atomic E-state index is -4.91. The highest BCUT2D eigenvalue weighted by Gasteiger charge is 2.44. The van der Waals surface area contributed by atoms with Crippen molar-refractivity contribution in [2.24, 2.45) is 5.73 Å². The number of nitrogens with zero attached hydrogens (tertiary/aromatic N) is 2. The number of hydrogen-bond acceptors (Lipinski definition) is 15.